The number of ether oxygens (including phenoxy) is 2. The molecule has 5 heteroatoms. The van der Waals surface area contributed by atoms with E-state index in [0.717, 1.165) is 31.1 Å². The minimum atomic E-state index is -0.351. The van der Waals surface area contributed by atoms with Crippen molar-refractivity contribution < 1.29 is 14.3 Å². The van der Waals surface area contributed by atoms with E-state index in [1.54, 1.807) is 18.4 Å². The molecule has 18 heavy (non-hydrogen) atoms. The number of methoxy groups -OCH3 is 2. The first-order valence-electron chi connectivity index (χ1n) is 6.01. The van der Waals surface area contributed by atoms with Crippen molar-refractivity contribution in [2.24, 2.45) is 5.41 Å². The van der Waals surface area contributed by atoms with Crippen LogP contribution in [0.3, 0.4) is 0 Å². The second-order valence-electron chi connectivity index (χ2n) is 4.94. The standard InChI is InChI=1S/C13H19NO3S/c1-13(12(15)17-3)6-7-14(9-13)8-10-4-5-11(16-2)18-10/h4-5H,6-9H2,1-3H3. The van der Waals surface area contributed by atoms with Gasteiger partial charge >= 0.3 is 5.97 Å². The van der Waals surface area contributed by atoms with Crippen molar-refractivity contribution in [2.45, 2.75) is 19.9 Å². The summed E-state index contributed by atoms with van der Waals surface area (Å²) in [5.41, 5.74) is -0.351. The highest BCUT2D eigenvalue weighted by molar-refractivity contribution is 7.13. The van der Waals surface area contributed by atoms with Crippen LogP contribution in [0.1, 0.15) is 18.2 Å². The Morgan fingerprint density at radius 2 is 2.28 bits per heavy atom. The van der Waals surface area contributed by atoms with Gasteiger partial charge in [-0.3, -0.25) is 9.69 Å². The summed E-state index contributed by atoms with van der Waals surface area (Å²) in [5, 5.41) is 0.930. The smallest absolute Gasteiger partial charge is 0.312 e. The van der Waals surface area contributed by atoms with Gasteiger partial charge in [-0.2, -0.15) is 0 Å². The molecule has 0 N–H and O–H groups in total. The molecule has 1 unspecified atom stereocenters. The molecule has 0 aromatic carbocycles. The SMILES string of the molecule is COC(=O)C1(C)CCN(Cc2ccc(OC)s2)C1. The number of carbonyl (C=O) groups is 1. The van der Waals surface area contributed by atoms with Gasteiger partial charge in [0.25, 0.3) is 0 Å². The van der Waals surface area contributed by atoms with Crippen molar-refractivity contribution in [3.63, 3.8) is 0 Å². The molecule has 1 aromatic heterocycles. The van der Waals surface area contributed by atoms with E-state index in [1.165, 1.54) is 12.0 Å². The van der Waals surface area contributed by atoms with E-state index >= 15 is 0 Å². The summed E-state index contributed by atoms with van der Waals surface area (Å²) in [4.78, 5) is 15.3. The highest BCUT2D eigenvalue weighted by atomic mass is 32.1. The summed E-state index contributed by atoms with van der Waals surface area (Å²) >= 11 is 1.65. The van der Waals surface area contributed by atoms with Gasteiger partial charge in [0.2, 0.25) is 0 Å². The first-order valence-corrected chi connectivity index (χ1v) is 6.82. The number of esters is 1. The Bertz CT molecular complexity index is 432. The Hall–Kier alpha value is -1.07. The topological polar surface area (TPSA) is 38.8 Å². The summed E-state index contributed by atoms with van der Waals surface area (Å²) in [6, 6.07) is 4.06. The van der Waals surface area contributed by atoms with Gasteiger partial charge in [0.15, 0.2) is 5.06 Å². The number of carbonyl (C=O) groups excluding carboxylic acids is 1. The maximum atomic E-state index is 11.7. The lowest BCUT2D eigenvalue weighted by Crippen LogP contribution is -2.32. The van der Waals surface area contributed by atoms with Crippen LogP contribution in [0.25, 0.3) is 0 Å². The third-order valence-corrected chi connectivity index (χ3v) is 4.48. The molecule has 0 radical (unpaired) electrons. The van der Waals surface area contributed by atoms with E-state index in [4.69, 9.17) is 9.47 Å². The molecule has 1 atom stereocenters. The Kier molecular flexibility index (Phi) is 3.92. The Balaban J connectivity index is 1.95. The van der Waals surface area contributed by atoms with Crippen molar-refractivity contribution in [2.75, 3.05) is 27.3 Å². The summed E-state index contributed by atoms with van der Waals surface area (Å²) in [7, 11) is 3.14. The minimum Gasteiger partial charge on any atom is -0.487 e. The van der Waals surface area contributed by atoms with E-state index in [9.17, 15) is 4.79 Å². The fourth-order valence-electron chi connectivity index (χ4n) is 2.38. The van der Waals surface area contributed by atoms with Crippen LogP contribution in [0.4, 0.5) is 0 Å². The van der Waals surface area contributed by atoms with Gasteiger partial charge in [-0.1, -0.05) is 0 Å². The molecule has 1 aromatic rings. The molecule has 1 saturated heterocycles. The van der Waals surface area contributed by atoms with Crippen LogP contribution in [0.15, 0.2) is 12.1 Å². The molecule has 2 rings (SSSR count). The zero-order valence-corrected chi connectivity index (χ0v) is 11.9. The van der Waals surface area contributed by atoms with Crippen LogP contribution in [-0.4, -0.2) is 38.2 Å². The molecule has 1 aliphatic heterocycles. The number of hydrogen-bond acceptors (Lipinski definition) is 5. The average molecular weight is 269 g/mol. The Labute approximate surface area is 111 Å². The van der Waals surface area contributed by atoms with Gasteiger partial charge in [0.05, 0.1) is 19.6 Å². The first-order chi connectivity index (χ1) is 8.57. The second kappa shape index (κ2) is 5.28. The first kappa shape index (κ1) is 13.4. The van der Waals surface area contributed by atoms with Crippen LogP contribution in [-0.2, 0) is 16.1 Å². The summed E-state index contributed by atoms with van der Waals surface area (Å²) in [6.07, 6.45) is 0.863. The number of hydrogen-bond donors (Lipinski definition) is 0. The summed E-state index contributed by atoms with van der Waals surface area (Å²) in [5.74, 6) is -0.103. The normalized spacial score (nSPS) is 24.2. The monoisotopic (exact) mass is 269 g/mol. The third-order valence-electron chi connectivity index (χ3n) is 3.45. The van der Waals surface area contributed by atoms with Crippen molar-refractivity contribution >= 4 is 17.3 Å². The quantitative estimate of drug-likeness (QED) is 0.785. The molecular weight excluding hydrogens is 250 g/mol. The lowest BCUT2D eigenvalue weighted by atomic mass is 9.90. The molecule has 0 amide bonds. The molecule has 4 nitrogen and oxygen atoms in total. The van der Waals surface area contributed by atoms with Crippen molar-refractivity contribution in [1.82, 2.24) is 4.90 Å². The van der Waals surface area contributed by atoms with Gasteiger partial charge in [-0.05, 0) is 32.0 Å². The largest absolute Gasteiger partial charge is 0.487 e. The number of rotatable bonds is 4. The maximum absolute atomic E-state index is 11.7. The fraction of sp³-hybridized carbons (Fsp3) is 0.615. The Morgan fingerprint density at radius 3 is 2.89 bits per heavy atom. The lowest BCUT2D eigenvalue weighted by Gasteiger charge is -2.21. The van der Waals surface area contributed by atoms with Crippen LogP contribution in [0.5, 0.6) is 5.06 Å². The molecular formula is C13H19NO3S. The van der Waals surface area contributed by atoms with Gasteiger partial charge in [0.1, 0.15) is 0 Å². The zero-order valence-electron chi connectivity index (χ0n) is 11.1. The van der Waals surface area contributed by atoms with E-state index < -0.39 is 0 Å². The number of nitrogens with zero attached hydrogens (tertiary/aromatic N) is 1. The molecule has 1 aliphatic rings. The van der Waals surface area contributed by atoms with Gasteiger partial charge in [0, 0.05) is 18.0 Å². The number of thiophene rings is 1. The minimum absolute atomic E-state index is 0.103. The van der Waals surface area contributed by atoms with Crippen molar-refractivity contribution in [3.05, 3.63) is 17.0 Å². The molecule has 1 fully saturated rings. The molecule has 0 saturated carbocycles. The van der Waals surface area contributed by atoms with Gasteiger partial charge in [-0.15, -0.1) is 11.3 Å². The van der Waals surface area contributed by atoms with Crippen LogP contribution in [0, 0.1) is 5.41 Å². The predicted molar refractivity (Wildman–Crippen MR) is 70.9 cm³/mol. The highest BCUT2D eigenvalue weighted by Crippen LogP contribution is 2.33. The predicted octanol–water partition coefficient (Wildman–Crippen LogP) is 2.14. The average Bonchev–Trinajstić information content (AvgIpc) is 2.96. The molecule has 100 valence electrons. The van der Waals surface area contributed by atoms with E-state index in [2.05, 4.69) is 11.0 Å². The maximum Gasteiger partial charge on any atom is 0.312 e. The highest BCUT2D eigenvalue weighted by Gasteiger charge is 2.41. The summed E-state index contributed by atoms with van der Waals surface area (Å²) in [6.45, 7) is 4.56. The third kappa shape index (κ3) is 2.67. The van der Waals surface area contributed by atoms with Gasteiger partial charge in [-0.25, -0.2) is 0 Å². The van der Waals surface area contributed by atoms with Gasteiger partial charge < -0.3 is 9.47 Å². The fourth-order valence-corrected chi connectivity index (χ4v) is 3.24. The molecule has 0 bridgehead atoms. The summed E-state index contributed by atoms with van der Waals surface area (Å²) < 4.78 is 10.1. The number of likely N-dealkylation sites (tertiary alicyclic amines) is 1. The second-order valence-corrected chi connectivity index (χ2v) is 6.07. The lowest BCUT2D eigenvalue weighted by molar-refractivity contribution is -0.151. The molecule has 0 spiro atoms. The molecule has 2 heterocycles. The van der Waals surface area contributed by atoms with E-state index in [-0.39, 0.29) is 11.4 Å². The Morgan fingerprint density at radius 1 is 1.50 bits per heavy atom. The van der Waals surface area contributed by atoms with Crippen LogP contribution >= 0.6 is 11.3 Å². The molecule has 0 aliphatic carbocycles. The zero-order chi connectivity index (χ0) is 13.2. The van der Waals surface area contributed by atoms with E-state index in [0.29, 0.717) is 0 Å². The van der Waals surface area contributed by atoms with Crippen molar-refractivity contribution in [3.8, 4) is 5.06 Å². The van der Waals surface area contributed by atoms with Crippen LogP contribution in [0.2, 0.25) is 0 Å². The van der Waals surface area contributed by atoms with E-state index in [1.807, 2.05) is 13.0 Å². The van der Waals surface area contributed by atoms with Crippen LogP contribution < -0.4 is 4.74 Å². The van der Waals surface area contributed by atoms with Crippen molar-refractivity contribution in [1.29, 1.82) is 0 Å².